The molecule has 1 fully saturated rings. The van der Waals surface area contributed by atoms with Gasteiger partial charge >= 0.3 is 6.18 Å². The van der Waals surface area contributed by atoms with E-state index in [9.17, 15) is 22.0 Å². The number of anilines is 3. The molecule has 2 aliphatic rings. The van der Waals surface area contributed by atoms with Gasteiger partial charge in [-0.3, -0.25) is 5.01 Å². The summed E-state index contributed by atoms with van der Waals surface area (Å²) in [4.78, 5) is 9.95. The number of aromatic nitrogens is 2. The van der Waals surface area contributed by atoms with Crippen molar-refractivity contribution < 1.29 is 22.0 Å². The molecule has 0 radical (unpaired) electrons. The summed E-state index contributed by atoms with van der Waals surface area (Å²) < 4.78 is 68.2. The highest BCUT2D eigenvalue weighted by molar-refractivity contribution is 5.81. The lowest BCUT2D eigenvalue weighted by Gasteiger charge is -2.31. The normalized spacial score (nSPS) is 18.4. The fraction of sp³-hybridized carbons (Fsp3) is 0.500. The summed E-state index contributed by atoms with van der Waals surface area (Å²) in [6.45, 7) is 5.14. The van der Waals surface area contributed by atoms with Gasteiger partial charge in [0.15, 0.2) is 17.3 Å². The minimum Gasteiger partial charge on any atom is -0.348 e. The number of hydrogen-bond acceptors (Lipinski definition) is 7. The van der Waals surface area contributed by atoms with E-state index >= 15 is 0 Å². The average molecular weight is 457 g/mol. The third kappa shape index (κ3) is 4.56. The van der Waals surface area contributed by atoms with Crippen LogP contribution in [-0.4, -0.2) is 34.5 Å². The molecule has 12 heteroatoms. The van der Waals surface area contributed by atoms with Crippen molar-refractivity contribution in [2.75, 3.05) is 28.1 Å². The zero-order chi connectivity index (χ0) is 23.3. The molecule has 0 atom stereocenters. The second-order valence-electron chi connectivity index (χ2n) is 8.94. The molecule has 7 nitrogen and oxygen atoms in total. The highest BCUT2D eigenvalue weighted by Gasteiger charge is 2.43. The van der Waals surface area contributed by atoms with E-state index < -0.39 is 29.7 Å². The molecule has 0 unspecified atom stereocenters. The molecule has 2 aliphatic heterocycles. The Labute approximate surface area is 182 Å². The van der Waals surface area contributed by atoms with E-state index in [1.54, 1.807) is 0 Å². The molecule has 2 aromatic rings. The molecule has 1 aromatic heterocycles. The SMILES string of the molecule is CC(C)(C)NN1NN(Cc2ccccc2C(F)(F)F)c2ncnc(N3CCC(F)(F)C3)c21. The first kappa shape index (κ1) is 22.5. The van der Waals surface area contributed by atoms with E-state index in [-0.39, 0.29) is 30.9 Å². The lowest BCUT2D eigenvalue weighted by atomic mass is 10.1. The smallest absolute Gasteiger partial charge is 0.348 e. The Morgan fingerprint density at radius 3 is 2.41 bits per heavy atom. The van der Waals surface area contributed by atoms with Crippen molar-refractivity contribution >= 4 is 17.3 Å². The summed E-state index contributed by atoms with van der Waals surface area (Å²) in [7, 11) is 0. The molecule has 1 aromatic carbocycles. The first-order valence-electron chi connectivity index (χ1n) is 10.1. The molecule has 174 valence electrons. The largest absolute Gasteiger partial charge is 0.416 e. The Balaban J connectivity index is 1.73. The van der Waals surface area contributed by atoms with Crippen molar-refractivity contribution in [2.45, 2.75) is 51.4 Å². The fourth-order valence-corrected chi connectivity index (χ4v) is 3.76. The first-order valence-corrected chi connectivity index (χ1v) is 10.1. The number of nitrogens with zero attached hydrogens (tertiary/aromatic N) is 5. The zero-order valence-electron chi connectivity index (χ0n) is 17.8. The summed E-state index contributed by atoms with van der Waals surface area (Å²) >= 11 is 0. The first-order chi connectivity index (χ1) is 14.8. The molecule has 2 N–H and O–H groups in total. The Hall–Kier alpha value is -2.73. The summed E-state index contributed by atoms with van der Waals surface area (Å²) in [5.74, 6) is -2.26. The van der Waals surface area contributed by atoms with Gasteiger partial charge in [0.25, 0.3) is 5.92 Å². The number of fused-ring (bicyclic) bond motifs is 1. The van der Waals surface area contributed by atoms with Gasteiger partial charge in [0.2, 0.25) is 0 Å². The van der Waals surface area contributed by atoms with Gasteiger partial charge in [0.05, 0.1) is 18.7 Å². The van der Waals surface area contributed by atoms with E-state index in [0.29, 0.717) is 11.5 Å². The number of halogens is 5. The lowest BCUT2D eigenvalue weighted by Crippen LogP contribution is -2.57. The van der Waals surface area contributed by atoms with E-state index in [0.717, 1.165) is 6.07 Å². The van der Waals surface area contributed by atoms with Crippen LogP contribution in [0.4, 0.5) is 39.3 Å². The van der Waals surface area contributed by atoms with Crippen LogP contribution in [0, 0.1) is 0 Å². The van der Waals surface area contributed by atoms with Gasteiger partial charge in [-0.05, 0) is 32.4 Å². The van der Waals surface area contributed by atoms with E-state index in [2.05, 4.69) is 20.9 Å². The van der Waals surface area contributed by atoms with Crippen LogP contribution < -0.4 is 26.0 Å². The second-order valence-corrected chi connectivity index (χ2v) is 8.94. The van der Waals surface area contributed by atoms with Crippen molar-refractivity contribution in [3.8, 4) is 0 Å². The van der Waals surface area contributed by atoms with Crippen molar-refractivity contribution in [2.24, 2.45) is 0 Å². The van der Waals surface area contributed by atoms with Crippen LogP contribution in [0.25, 0.3) is 0 Å². The Bertz CT molecular complexity index is 989. The number of hydrazine groups is 3. The van der Waals surface area contributed by atoms with Crippen molar-refractivity contribution in [1.82, 2.24) is 20.9 Å². The molecular formula is C20H24F5N7. The van der Waals surface area contributed by atoms with Crippen LogP contribution in [-0.2, 0) is 12.7 Å². The molecule has 1 saturated heterocycles. The van der Waals surface area contributed by atoms with Crippen LogP contribution in [0.5, 0.6) is 0 Å². The van der Waals surface area contributed by atoms with Gasteiger partial charge in [-0.1, -0.05) is 18.2 Å². The van der Waals surface area contributed by atoms with Crippen molar-refractivity contribution in [3.05, 3.63) is 41.7 Å². The maximum Gasteiger partial charge on any atom is 0.416 e. The Morgan fingerprint density at radius 2 is 1.78 bits per heavy atom. The van der Waals surface area contributed by atoms with E-state index in [1.807, 2.05) is 20.8 Å². The molecule has 4 rings (SSSR count). The third-order valence-corrected chi connectivity index (χ3v) is 5.05. The zero-order valence-corrected chi connectivity index (χ0v) is 17.8. The van der Waals surface area contributed by atoms with Gasteiger partial charge in [0.1, 0.15) is 6.33 Å². The highest BCUT2D eigenvalue weighted by atomic mass is 19.4. The van der Waals surface area contributed by atoms with Gasteiger partial charge in [-0.2, -0.15) is 13.2 Å². The maximum atomic E-state index is 13.9. The predicted octanol–water partition coefficient (Wildman–Crippen LogP) is 3.89. The minimum atomic E-state index is -4.51. The minimum absolute atomic E-state index is 0.0453. The molecule has 0 aliphatic carbocycles. The van der Waals surface area contributed by atoms with Crippen LogP contribution >= 0.6 is 0 Å². The predicted molar refractivity (Wildman–Crippen MR) is 110 cm³/mol. The van der Waals surface area contributed by atoms with Gasteiger partial charge in [-0.15, -0.1) is 5.53 Å². The summed E-state index contributed by atoms with van der Waals surface area (Å²) in [5.41, 5.74) is 5.40. The topological polar surface area (TPSA) is 59.6 Å². The van der Waals surface area contributed by atoms with Crippen LogP contribution in [0.3, 0.4) is 0 Å². The van der Waals surface area contributed by atoms with E-state index in [4.69, 9.17) is 0 Å². The molecular weight excluding hydrogens is 433 g/mol. The molecule has 0 saturated carbocycles. The average Bonchev–Trinajstić information content (AvgIpc) is 3.20. The number of rotatable bonds is 4. The molecule has 32 heavy (non-hydrogen) atoms. The fourth-order valence-electron chi connectivity index (χ4n) is 3.76. The maximum absolute atomic E-state index is 13.9. The van der Waals surface area contributed by atoms with Crippen LogP contribution in [0.2, 0.25) is 0 Å². The van der Waals surface area contributed by atoms with Crippen LogP contribution in [0.15, 0.2) is 30.6 Å². The molecule has 0 spiro atoms. The number of benzene rings is 1. The van der Waals surface area contributed by atoms with Gasteiger partial charge in [-0.25, -0.2) is 29.3 Å². The van der Waals surface area contributed by atoms with Gasteiger partial charge < -0.3 is 4.90 Å². The van der Waals surface area contributed by atoms with Gasteiger partial charge in [0, 0.05) is 18.5 Å². The quantitative estimate of drug-likeness (QED) is 0.676. The summed E-state index contributed by atoms with van der Waals surface area (Å²) in [6.07, 6.45) is -3.58. The Morgan fingerprint density at radius 1 is 1.09 bits per heavy atom. The standard InChI is InChI=1S/C20H24F5N7/c1-18(2,3)28-32-15-16(30-9-8-19(21,22)11-30)26-12-27-17(15)31(29-32)10-13-6-4-5-7-14(13)20(23,24)25/h4-7,12,28-29H,8-11H2,1-3H3. The van der Waals surface area contributed by atoms with Crippen molar-refractivity contribution in [1.29, 1.82) is 0 Å². The number of hydrogen-bond donors (Lipinski definition) is 2. The van der Waals surface area contributed by atoms with E-state index in [1.165, 1.54) is 39.6 Å². The summed E-state index contributed by atoms with van der Waals surface area (Å²) in [6, 6.07) is 5.28. The molecule has 3 heterocycles. The van der Waals surface area contributed by atoms with Crippen molar-refractivity contribution in [3.63, 3.8) is 0 Å². The highest BCUT2D eigenvalue weighted by Crippen LogP contribution is 2.42. The monoisotopic (exact) mass is 457 g/mol. The molecule has 0 amide bonds. The summed E-state index contributed by atoms with van der Waals surface area (Å²) in [5, 5.41) is 2.93. The molecule has 0 bridgehead atoms. The third-order valence-electron chi connectivity index (χ3n) is 5.05. The second kappa shape index (κ2) is 7.69. The number of nitrogens with one attached hydrogen (secondary N) is 2. The Kier molecular flexibility index (Phi) is 5.40. The number of alkyl halides is 5. The van der Waals surface area contributed by atoms with Crippen LogP contribution in [0.1, 0.15) is 38.3 Å². The lowest BCUT2D eigenvalue weighted by molar-refractivity contribution is -0.138.